The highest BCUT2D eigenvalue weighted by atomic mass is 32.2. The first-order chi connectivity index (χ1) is 14.1. The van der Waals surface area contributed by atoms with Crippen LogP contribution in [-0.4, -0.2) is 27.9 Å². The van der Waals surface area contributed by atoms with Gasteiger partial charge in [0.1, 0.15) is 16.4 Å². The van der Waals surface area contributed by atoms with E-state index < -0.39 is 39.8 Å². The van der Waals surface area contributed by atoms with Crippen LogP contribution < -0.4 is 0 Å². The van der Waals surface area contributed by atoms with Crippen LogP contribution >= 0.6 is 0 Å². The minimum absolute atomic E-state index is 0.245. The van der Waals surface area contributed by atoms with E-state index in [9.17, 15) is 26.0 Å². The van der Waals surface area contributed by atoms with Gasteiger partial charge in [0.05, 0.1) is 18.3 Å². The van der Waals surface area contributed by atoms with Gasteiger partial charge in [-0.15, -0.1) is 0 Å². The standard InChI is InChI=1S/C19H14F4N4O2S/c1-9-4-10(20)5-12-15-6-14-13(8-25-26-14)18(17(9)12)27(15)30(28,29)11-2-3-16(24-7-11)19(21,22)23/h2-5,7-8,15,18H,6H2,1H3,(H,25,26). The number of benzene rings is 1. The maximum atomic E-state index is 14.1. The topological polar surface area (TPSA) is 79.0 Å². The molecule has 0 fully saturated rings. The number of nitrogens with zero attached hydrogens (tertiary/aromatic N) is 3. The van der Waals surface area contributed by atoms with Crippen LogP contribution in [0.1, 0.15) is 45.7 Å². The van der Waals surface area contributed by atoms with Gasteiger partial charge in [-0.05, 0) is 47.9 Å². The van der Waals surface area contributed by atoms with Crippen molar-refractivity contribution in [3.8, 4) is 0 Å². The molecule has 0 spiro atoms. The monoisotopic (exact) mass is 438 g/mol. The van der Waals surface area contributed by atoms with Crippen molar-refractivity contribution in [2.24, 2.45) is 0 Å². The maximum Gasteiger partial charge on any atom is 0.433 e. The second-order valence-electron chi connectivity index (χ2n) is 7.36. The van der Waals surface area contributed by atoms with Gasteiger partial charge in [-0.3, -0.25) is 10.1 Å². The second-order valence-corrected chi connectivity index (χ2v) is 9.21. The van der Waals surface area contributed by atoms with Crippen LogP contribution in [0.25, 0.3) is 0 Å². The van der Waals surface area contributed by atoms with E-state index in [2.05, 4.69) is 15.2 Å². The molecular formula is C19H14F4N4O2S. The average molecular weight is 438 g/mol. The number of fused-ring (bicyclic) bond motifs is 7. The summed E-state index contributed by atoms with van der Waals surface area (Å²) in [6.45, 7) is 1.70. The number of rotatable bonds is 2. The van der Waals surface area contributed by atoms with Crippen molar-refractivity contribution in [1.29, 1.82) is 0 Å². The molecule has 2 unspecified atom stereocenters. The molecule has 0 aliphatic carbocycles. The van der Waals surface area contributed by atoms with Crippen LogP contribution in [0, 0.1) is 12.7 Å². The van der Waals surface area contributed by atoms with Crippen LogP contribution in [-0.2, 0) is 22.6 Å². The summed E-state index contributed by atoms with van der Waals surface area (Å²) in [4.78, 5) is 2.93. The van der Waals surface area contributed by atoms with Gasteiger partial charge in [-0.2, -0.15) is 22.6 Å². The molecule has 4 heterocycles. The molecule has 2 aromatic heterocycles. The lowest BCUT2D eigenvalue weighted by molar-refractivity contribution is -0.141. The van der Waals surface area contributed by atoms with Gasteiger partial charge in [-0.1, -0.05) is 0 Å². The molecule has 0 saturated carbocycles. The predicted octanol–water partition coefficient (Wildman–Crippen LogP) is 3.66. The van der Waals surface area contributed by atoms with Gasteiger partial charge >= 0.3 is 6.18 Å². The van der Waals surface area contributed by atoms with Gasteiger partial charge in [0, 0.05) is 23.9 Å². The fourth-order valence-electron chi connectivity index (χ4n) is 4.41. The van der Waals surface area contributed by atoms with E-state index in [1.165, 1.54) is 22.6 Å². The molecule has 3 aromatic rings. The van der Waals surface area contributed by atoms with Gasteiger partial charge in [0.2, 0.25) is 10.0 Å². The summed E-state index contributed by atoms with van der Waals surface area (Å²) in [6, 6.07) is 2.73. The van der Waals surface area contributed by atoms with Crippen LogP contribution in [0.2, 0.25) is 0 Å². The van der Waals surface area contributed by atoms with Crippen molar-refractivity contribution in [3.63, 3.8) is 0 Å². The fraction of sp³-hybridized carbons (Fsp3) is 0.263. The molecule has 2 aliphatic rings. The summed E-state index contributed by atoms with van der Waals surface area (Å²) < 4.78 is 80.8. The Morgan fingerprint density at radius 3 is 2.60 bits per heavy atom. The number of hydrogen-bond acceptors (Lipinski definition) is 4. The summed E-state index contributed by atoms with van der Waals surface area (Å²) >= 11 is 0. The third kappa shape index (κ3) is 2.61. The number of halogens is 4. The summed E-state index contributed by atoms with van der Waals surface area (Å²) in [5, 5.41) is 6.87. The molecule has 30 heavy (non-hydrogen) atoms. The van der Waals surface area contributed by atoms with Crippen molar-refractivity contribution in [3.05, 3.63) is 76.1 Å². The number of alkyl halides is 3. The number of aromatic amines is 1. The van der Waals surface area contributed by atoms with E-state index in [-0.39, 0.29) is 11.3 Å². The van der Waals surface area contributed by atoms with Gasteiger partial charge in [0.15, 0.2) is 0 Å². The summed E-state index contributed by atoms with van der Waals surface area (Å²) in [7, 11) is -4.24. The van der Waals surface area contributed by atoms with E-state index in [1.54, 1.807) is 6.92 Å². The number of pyridine rings is 1. The zero-order valence-corrected chi connectivity index (χ0v) is 16.2. The van der Waals surface area contributed by atoms with Crippen LogP contribution in [0.3, 0.4) is 0 Å². The Morgan fingerprint density at radius 2 is 1.93 bits per heavy atom. The van der Waals surface area contributed by atoms with Crippen molar-refractivity contribution in [2.45, 2.75) is 36.5 Å². The van der Waals surface area contributed by atoms with Gasteiger partial charge in [-0.25, -0.2) is 12.8 Å². The first-order valence-corrected chi connectivity index (χ1v) is 10.4. The number of sulfonamides is 1. The zero-order chi connectivity index (χ0) is 21.4. The van der Waals surface area contributed by atoms with Crippen LogP contribution in [0.5, 0.6) is 0 Å². The normalized spacial score (nSPS) is 20.8. The third-order valence-corrected chi connectivity index (χ3v) is 7.48. The predicted molar refractivity (Wildman–Crippen MR) is 96.3 cm³/mol. The van der Waals surface area contributed by atoms with Crippen molar-refractivity contribution in [1.82, 2.24) is 19.5 Å². The molecule has 0 amide bonds. The van der Waals surface area contributed by atoms with E-state index in [1.807, 2.05) is 0 Å². The first kappa shape index (κ1) is 19.2. The minimum atomic E-state index is -4.68. The van der Waals surface area contributed by atoms with E-state index >= 15 is 0 Å². The highest BCUT2D eigenvalue weighted by Crippen LogP contribution is 2.54. The molecule has 0 saturated heterocycles. The number of aromatic nitrogens is 3. The molecule has 0 radical (unpaired) electrons. The molecule has 156 valence electrons. The number of hydrogen-bond donors (Lipinski definition) is 1. The first-order valence-electron chi connectivity index (χ1n) is 8.98. The Kier molecular flexibility index (Phi) is 3.91. The molecule has 2 atom stereocenters. The van der Waals surface area contributed by atoms with Crippen molar-refractivity contribution < 1.29 is 26.0 Å². The Labute approximate surface area is 168 Å². The Balaban J connectivity index is 1.67. The lowest BCUT2D eigenvalue weighted by Gasteiger charge is -2.33. The zero-order valence-electron chi connectivity index (χ0n) is 15.4. The van der Waals surface area contributed by atoms with Crippen LogP contribution in [0.15, 0.2) is 41.6 Å². The minimum Gasteiger partial charge on any atom is -0.282 e. The van der Waals surface area contributed by atoms with Crippen LogP contribution in [0.4, 0.5) is 17.6 Å². The van der Waals surface area contributed by atoms with Gasteiger partial charge < -0.3 is 0 Å². The molecule has 6 nitrogen and oxygen atoms in total. The number of H-pyrrole nitrogens is 1. The average Bonchev–Trinajstić information content (AvgIpc) is 3.23. The third-order valence-electron chi connectivity index (χ3n) is 5.62. The number of aryl methyl sites for hydroxylation is 1. The van der Waals surface area contributed by atoms with E-state index in [0.29, 0.717) is 34.5 Å². The van der Waals surface area contributed by atoms with E-state index in [0.717, 1.165) is 11.8 Å². The molecule has 5 rings (SSSR count). The smallest absolute Gasteiger partial charge is 0.282 e. The highest BCUT2D eigenvalue weighted by molar-refractivity contribution is 7.89. The fourth-order valence-corrected chi connectivity index (χ4v) is 6.10. The van der Waals surface area contributed by atoms with Crippen molar-refractivity contribution >= 4 is 10.0 Å². The molecule has 11 heteroatoms. The lowest BCUT2D eigenvalue weighted by atomic mass is 9.96. The highest BCUT2D eigenvalue weighted by Gasteiger charge is 2.51. The lowest BCUT2D eigenvalue weighted by Crippen LogP contribution is -2.37. The second kappa shape index (κ2) is 6.11. The molecule has 2 bridgehead atoms. The Morgan fingerprint density at radius 1 is 1.17 bits per heavy atom. The Bertz CT molecular complexity index is 1270. The number of nitrogens with one attached hydrogen (secondary N) is 1. The largest absolute Gasteiger partial charge is 0.433 e. The summed E-state index contributed by atoms with van der Waals surface area (Å²) in [6.07, 6.45) is -2.19. The maximum absolute atomic E-state index is 14.1. The SMILES string of the molecule is Cc1cc(F)cc2c1C1c3cn[nH]c3CC2N1S(=O)(=O)c1ccc(C(F)(F)F)nc1. The Hall–Kier alpha value is -2.79. The van der Waals surface area contributed by atoms with Gasteiger partial charge in [0.25, 0.3) is 0 Å². The molecular weight excluding hydrogens is 424 g/mol. The molecule has 2 aliphatic heterocycles. The van der Waals surface area contributed by atoms with E-state index in [4.69, 9.17) is 0 Å². The summed E-state index contributed by atoms with van der Waals surface area (Å²) in [5.41, 5.74) is 2.02. The summed E-state index contributed by atoms with van der Waals surface area (Å²) in [5.74, 6) is -0.478. The molecule has 1 aromatic carbocycles. The van der Waals surface area contributed by atoms with Crippen molar-refractivity contribution in [2.75, 3.05) is 0 Å². The quantitative estimate of drug-likeness (QED) is 0.620. The molecule has 1 N–H and O–H groups in total.